The molecule has 1 heteroatoms. The van der Waals surface area contributed by atoms with Crippen molar-refractivity contribution in [2.24, 2.45) is 5.92 Å². The SMILES string of the molecule is CCCCCCCCC1(O)CCC(CC)C1. The van der Waals surface area contributed by atoms with Crippen molar-refractivity contribution >= 4 is 0 Å². The van der Waals surface area contributed by atoms with Gasteiger partial charge in [0.1, 0.15) is 0 Å². The topological polar surface area (TPSA) is 20.2 Å². The Morgan fingerprint density at radius 1 is 1.06 bits per heavy atom. The standard InChI is InChI=1S/C15H30O/c1-3-5-6-7-8-9-11-15(16)12-10-14(4-2)13-15/h14,16H,3-13H2,1-2H3. The molecule has 1 N–H and O–H groups in total. The Hall–Kier alpha value is -0.0400. The first-order valence-corrected chi connectivity index (χ1v) is 7.42. The predicted octanol–water partition coefficient (Wildman–Crippen LogP) is 4.68. The summed E-state index contributed by atoms with van der Waals surface area (Å²) in [7, 11) is 0. The molecule has 0 radical (unpaired) electrons. The Kier molecular flexibility index (Phi) is 6.41. The van der Waals surface area contributed by atoms with Gasteiger partial charge in [-0.25, -0.2) is 0 Å². The van der Waals surface area contributed by atoms with Gasteiger partial charge in [-0.1, -0.05) is 58.8 Å². The average molecular weight is 226 g/mol. The molecule has 0 aliphatic heterocycles. The summed E-state index contributed by atoms with van der Waals surface area (Å²) in [5.74, 6) is 0.796. The van der Waals surface area contributed by atoms with Crippen LogP contribution in [0.3, 0.4) is 0 Å². The normalized spacial score (nSPS) is 29.8. The third-order valence-corrected chi connectivity index (χ3v) is 4.26. The van der Waals surface area contributed by atoms with Crippen LogP contribution in [0.15, 0.2) is 0 Å². The maximum Gasteiger partial charge on any atom is 0.0650 e. The number of rotatable bonds is 8. The molecule has 1 nitrogen and oxygen atoms in total. The van der Waals surface area contributed by atoms with Crippen molar-refractivity contribution in [1.82, 2.24) is 0 Å². The lowest BCUT2D eigenvalue weighted by molar-refractivity contribution is 0.0318. The minimum atomic E-state index is -0.286. The van der Waals surface area contributed by atoms with Crippen molar-refractivity contribution in [2.45, 2.75) is 90.1 Å². The van der Waals surface area contributed by atoms with Gasteiger partial charge >= 0.3 is 0 Å². The van der Waals surface area contributed by atoms with E-state index in [0.29, 0.717) is 0 Å². The Balaban J connectivity index is 2.04. The molecule has 1 rings (SSSR count). The first kappa shape index (κ1) is 14.0. The minimum Gasteiger partial charge on any atom is -0.390 e. The molecule has 1 aliphatic carbocycles. The average Bonchev–Trinajstić information content (AvgIpc) is 2.66. The molecule has 0 bridgehead atoms. The molecule has 96 valence electrons. The molecule has 0 amide bonds. The molecule has 0 aromatic rings. The minimum absolute atomic E-state index is 0.286. The number of unbranched alkanes of at least 4 members (excludes halogenated alkanes) is 5. The van der Waals surface area contributed by atoms with Gasteiger partial charge < -0.3 is 5.11 Å². The van der Waals surface area contributed by atoms with Gasteiger partial charge in [0.05, 0.1) is 5.60 Å². The van der Waals surface area contributed by atoms with Crippen LogP contribution in [0.5, 0.6) is 0 Å². The van der Waals surface area contributed by atoms with Crippen molar-refractivity contribution in [3.05, 3.63) is 0 Å². The molecule has 16 heavy (non-hydrogen) atoms. The highest BCUT2D eigenvalue weighted by atomic mass is 16.3. The quantitative estimate of drug-likeness (QED) is 0.596. The van der Waals surface area contributed by atoms with Crippen LogP contribution < -0.4 is 0 Å². The van der Waals surface area contributed by atoms with Crippen LogP contribution in [0, 0.1) is 5.92 Å². The Bertz CT molecular complexity index is 178. The van der Waals surface area contributed by atoms with Gasteiger partial charge in [0.15, 0.2) is 0 Å². The zero-order valence-corrected chi connectivity index (χ0v) is 11.3. The second-order valence-electron chi connectivity index (χ2n) is 5.76. The summed E-state index contributed by atoms with van der Waals surface area (Å²) in [5, 5.41) is 10.4. The predicted molar refractivity (Wildman–Crippen MR) is 70.6 cm³/mol. The third-order valence-electron chi connectivity index (χ3n) is 4.26. The maximum absolute atomic E-state index is 10.4. The van der Waals surface area contributed by atoms with E-state index < -0.39 is 0 Å². The summed E-state index contributed by atoms with van der Waals surface area (Å²) in [4.78, 5) is 0. The smallest absolute Gasteiger partial charge is 0.0650 e. The highest BCUT2D eigenvalue weighted by Gasteiger charge is 2.35. The van der Waals surface area contributed by atoms with Gasteiger partial charge in [0.25, 0.3) is 0 Å². The first-order chi connectivity index (χ1) is 7.70. The zero-order valence-electron chi connectivity index (χ0n) is 11.3. The highest BCUT2D eigenvalue weighted by Crippen LogP contribution is 2.39. The Morgan fingerprint density at radius 3 is 2.38 bits per heavy atom. The van der Waals surface area contributed by atoms with E-state index in [1.807, 2.05) is 0 Å². The number of hydrogen-bond donors (Lipinski definition) is 1. The molecular formula is C15H30O. The number of hydrogen-bond acceptors (Lipinski definition) is 1. The second kappa shape index (κ2) is 7.32. The van der Waals surface area contributed by atoms with Crippen LogP contribution in [0.4, 0.5) is 0 Å². The molecule has 2 unspecified atom stereocenters. The highest BCUT2D eigenvalue weighted by molar-refractivity contribution is 4.88. The van der Waals surface area contributed by atoms with Gasteiger partial charge in [-0.3, -0.25) is 0 Å². The summed E-state index contributed by atoms with van der Waals surface area (Å²) in [5.41, 5.74) is -0.286. The van der Waals surface area contributed by atoms with Crippen LogP contribution in [-0.4, -0.2) is 10.7 Å². The van der Waals surface area contributed by atoms with Crippen molar-refractivity contribution < 1.29 is 5.11 Å². The fourth-order valence-electron chi connectivity index (χ4n) is 3.02. The van der Waals surface area contributed by atoms with Crippen LogP contribution in [0.1, 0.15) is 84.5 Å². The van der Waals surface area contributed by atoms with E-state index in [-0.39, 0.29) is 5.60 Å². The molecule has 0 heterocycles. The van der Waals surface area contributed by atoms with E-state index in [2.05, 4.69) is 13.8 Å². The number of aliphatic hydroxyl groups is 1. The molecule has 0 aromatic heterocycles. The molecule has 2 atom stereocenters. The monoisotopic (exact) mass is 226 g/mol. The van der Waals surface area contributed by atoms with Crippen LogP contribution in [0.25, 0.3) is 0 Å². The first-order valence-electron chi connectivity index (χ1n) is 7.42. The van der Waals surface area contributed by atoms with Crippen molar-refractivity contribution in [2.75, 3.05) is 0 Å². The third kappa shape index (κ3) is 4.86. The lowest BCUT2D eigenvalue weighted by Crippen LogP contribution is -2.24. The summed E-state index contributed by atoms with van der Waals surface area (Å²) in [6, 6.07) is 0. The van der Waals surface area contributed by atoms with E-state index in [0.717, 1.165) is 25.2 Å². The van der Waals surface area contributed by atoms with Gasteiger partial charge in [-0.15, -0.1) is 0 Å². The fraction of sp³-hybridized carbons (Fsp3) is 1.00. The molecule has 0 aromatic carbocycles. The van der Waals surface area contributed by atoms with E-state index in [4.69, 9.17) is 0 Å². The fourth-order valence-corrected chi connectivity index (χ4v) is 3.02. The summed E-state index contributed by atoms with van der Waals surface area (Å²) in [6.07, 6.45) is 13.7. The molecular weight excluding hydrogens is 196 g/mol. The van der Waals surface area contributed by atoms with Gasteiger partial charge in [-0.2, -0.15) is 0 Å². The van der Waals surface area contributed by atoms with E-state index >= 15 is 0 Å². The molecule has 0 saturated heterocycles. The maximum atomic E-state index is 10.4. The zero-order chi connectivity index (χ0) is 11.9. The van der Waals surface area contributed by atoms with Crippen molar-refractivity contribution in [1.29, 1.82) is 0 Å². The summed E-state index contributed by atoms with van der Waals surface area (Å²) >= 11 is 0. The molecule has 1 fully saturated rings. The second-order valence-corrected chi connectivity index (χ2v) is 5.76. The van der Waals surface area contributed by atoms with Crippen molar-refractivity contribution in [3.8, 4) is 0 Å². The molecule has 0 spiro atoms. The summed E-state index contributed by atoms with van der Waals surface area (Å²) < 4.78 is 0. The van der Waals surface area contributed by atoms with Crippen LogP contribution in [-0.2, 0) is 0 Å². The lowest BCUT2D eigenvalue weighted by atomic mass is 9.92. The van der Waals surface area contributed by atoms with Crippen LogP contribution >= 0.6 is 0 Å². The molecule has 1 aliphatic rings. The van der Waals surface area contributed by atoms with E-state index in [9.17, 15) is 5.11 Å². The Morgan fingerprint density at radius 2 is 1.75 bits per heavy atom. The van der Waals surface area contributed by atoms with Gasteiger partial charge in [0.2, 0.25) is 0 Å². The van der Waals surface area contributed by atoms with Gasteiger partial charge in [-0.05, 0) is 31.6 Å². The summed E-state index contributed by atoms with van der Waals surface area (Å²) in [6.45, 7) is 4.51. The Labute approximate surface area is 102 Å². The largest absolute Gasteiger partial charge is 0.390 e. The van der Waals surface area contributed by atoms with Crippen LogP contribution in [0.2, 0.25) is 0 Å². The molecule has 1 saturated carbocycles. The van der Waals surface area contributed by atoms with Gasteiger partial charge in [0, 0.05) is 0 Å². The van der Waals surface area contributed by atoms with E-state index in [1.54, 1.807) is 0 Å². The lowest BCUT2D eigenvalue weighted by Gasteiger charge is -2.22. The van der Waals surface area contributed by atoms with Crippen molar-refractivity contribution in [3.63, 3.8) is 0 Å². The van der Waals surface area contributed by atoms with E-state index in [1.165, 1.54) is 51.4 Å².